The quantitative estimate of drug-likeness (QED) is 0.880. The van der Waals surface area contributed by atoms with Gasteiger partial charge in [0.1, 0.15) is 5.75 Å². The lowest BCUT2D eigenvalue weighted by atomic mass is 10.1. The van der Waals surface area contributed by atoms with Crippen molar-refractivity contribution in [2.75, 3.05) is 18.0 Å². The Hall–Kier alpha value is -2.28. The van der Waals surface area contributed by atoms with E-state index in [9.17, 15) is 8.78 Å². The highest BCUT2D eigenvalue weighted by Crippen LogP contribution is 2.21. The molecule has 0 bridgehead atoms. The Bertz CT molecular complexity index is 641. The van der Waals surface area contributed by atoms with Crippen molar-refractivity contribution in [1.29, 1.82) is 0 Å². The molecule has 2 aromatic rings. The highest BCUT2D eigenvalue weighted by atomic mass is 19.3. The second kappa shape index (κ2) is 8.01. The molecule has 128 valence electrons. The summed E-state index contributed by atoms with van der Waals surface area (Å²) < 4.78 is 29.5. The Morgan fingerprint density at radius 3 is 2.79 bits per heavy atom. The second-order valence-corrected chi connectivity index (χ2v) is 5.70. The first-order chi connectivity index (χ1) is 11.7. The van der Waals surface area contributed by atoms with Gasteiger partial charge in [0, 0.05) is 43.6 Å². The molecule has 0 amide bonds. The zero-order valence-electron chi connectivity index (χ0n) is 13.2. The fraction of sp³-hybridized carbons (Fsp3) is 0.412. The molecular formula is C17H20F2N4O. The maximum absolute atomic E-state index is 12.5. The monoisotopic (exact) mass is 334 g/mol. The summed E-state index contributed by atoms with van der Waals surface area (Å²) in [7, 11) is 0. The fourth-order valence-corrected chi connectivity index (χ4v) is 2.90. The number of benzene rings is 1. The van der Waals surface area contributed by atoms with Crippen LogP contribution in [0.3, 0.4) is 0 Å². The largest absolute Gasteiger partial charge is 0.434 e. The molecule has 1 aromatic heterocycles. The summed E-state index contributed by atoms with van der Waals surface area (Å²) in [4.78, 5) is 10.7. The van der Waals surface area contributed by atoms with E-state index in [1.807, 2.05) is 6.07 Å². The predicted octanol–water partition coefficient (Wildman–Crippen LogP) is 2.84. The van der Waals surface area contributed by atoms with Crippen LogP contribution in [0.5, 0.6) is 5.75 Å². The third-order valence-corrected chi connectivity index (χ3v) is 4.03. The van der Waals surface area contributed by atoms with Gasteiger partial charge in [-0.05, 0) is 25.0 Å². The lowest BCUT2D eigenvalue weighted by Gasteiger charge is -2.33. The summed E-state index contributed by atoms with van der Waals surface area (Å²) in [6, 6.07) is 8.92. The minimum absolute atomic E-state index is 0.221. The Labute approximate surface area is 139 Å². The van der Waals surface area contributed by atoms with Crippen LogP contribution in [-0.2, 0) is 6.54 Å². The molecule has 1 atom stereocenters. The maximum Gasteiger partial charge on any atom is 0.387 e. The number of nitrogens with zero attached hydrogens (tertiary/aromatic N) is 3. The van der Waals surface area contributed by atoms with Gasteiger partial charge in [-0.25, -0.2) is 9.97 Å². The Morgan fingerprint density at radius 1 is 1.21 bits per heavy atom. The molecule has 0 saturated carbocycles. The van der Waals surface area contributed by atoms with Crippen LogP contribution in [0.15, 0.2) is 42.7 Å². The molecule has 1 fully saturated rings. The topological polar surface area (TPSA) is 50.3 Å². The van der Waals surface area contributed by atoms with Gasteiger partial charge in [0.05, 0.1) is 0 Å². The van der Waals surface area contributed by atoms with Crippen molar-refractivity contribution in [3.8, 4) is 5.75 Å². The zero-order chi connectivity index (χ0) is 16.8. The lowest BCUT2D eigenvalue weighted by molar-refractivity contribution is -0.0505. The molecule has 1 N–H and O–H groups in total. The summed E-state index contributed by atoms with van der Waals surface area (Å²) in [5, 5.41) is 3.43. The molecule has 2 heterocycles. The van der Waals surface area contributed by atoms with E-state index in [0.29, 0.717) is 6.54 Å². The molecule has 1 saturated heterocycles. The van der Waals surface area contributed by atoms with E-state index >= 15 is 0 Å². The van der Waals surface area contributed by atoms with Crippen molar-refractivity contribution in [2.45, 2.75) is 32.0 Å². The van der Waals surface area contributed by atoms with Gasteiger partial charge in [0.2, 0.25) is 5.95 Å². The number of anilines is 1. The van der Waals surface area contributed by atoms with E-state index < -0.39 is 6.61 Å². The maximum atomic E-state index is 12.5. The van der Waals surface area contributed by atoms with E-state index in [0.717, 1.165) is 37.4 Å². The summed E-state index contributed by atoms with van der Waals surface area (Å²) in [6.45, 7) is -0.613. The highest BCUT2D eigenvalue weighted by Gasteiger charge is 2.21. The number of rotatable bonds is 6. The highest BCUT2D eigenvalue weighted by molar-refractivity contribution is 5.33. The molecule has 1 unspecified atom stereocenters. The minimum atomic E-state index is -2.81. The Kier molecular flexibility index (Phi) is 5.53. The van der Waals surface area contributed by atoms with Crippen molar-refractivity contribution in [3.63, 3.8) is 0 Å². The molecule has 24 heavy (non-hydrogen) atoms. The van der Waals surface area contributed by atoms with Crippen LogP contribution in [0.2, 0.25) is 0 Å². The molecule has 0 aliphatic carbocycles. The first kappa shape index (κ1) is 16.6. The van der Waals surface area contributed by atoms with Crippen molar-refractivity contribution < 1.29 is 13.5 Å². The van der Waals surface area contributed by atoms with Gasteiger partial charge in [-0.2, -0.15) is 8.78 Å². The molecule has 0 radical (unpaired) electrons. The molecule has 1 aromatic carbocycles. The Morgan fingerprint density at radius 2 is 2.00 bits per heavy atom. The fourth-order valence-electron chi connectivity index (χ4n) is 2.90. The minimum Gasteiger partial charge on any atom is -0.434 e. The second-order valence-electron chi connectivity index (χ2n) is 5.70. The molecule has 1 aliphatic heterocycles. The number of halogens is 2. The number of piperidine rings is 1. The zero-order valence-corrected chi connectivity index (χ0v) is 13.2. The third-order valence-electron chi connectivity index (χ3n) is 4.03. The lowest BCUT2D eigenvalue weighted by Crippen LogP contribution is -2.46. The predicted molar refractivity (Wildman–Crippen MR) is 87.2 cm³/mol. The summed E-state index contributed by atoms with van der Waals surface area (Å²) in [6.07, 6.45) is 5.53. The molecule has 0 spiro atoms. The standard InChI is InChI=1S/C17H20F2N4O/c18-16(19)24-15-7-2-1-5-13(15)11-22-14-6-3-10-23(12-14)17-20-8-4-9-21-17/h1-2,4-5,7-9,14,16,22H,3,6,10-12H2. The van der Waals surface area contributed by atoms with Crippen molar-refractivity contribution in [2.24, 2.45) is 0 Å². The number of aromatic nitrogens is 2. The normalized spacial score (nSPS) is 18.0. The molecule has 3 rings (SSSR count). The van der Waals surface area contributed by atoms with Gasteiger partial charge in [-0.3, -0.25) is 0 Å². The number of ether oxygens (including phenoxy) is 1. The van der Waals surface area contributed by atoms with Crippen LogP contribution in [-0.4, -0.2) is 35.7 Å². The van der Waals surface area contributed by atoms with E-state index in [1.165, 1.54) is 0 Å². The summed E-state index contributed by atoms with van der Waals surface area (Å²) in [5.41, 5.74) is 0.728. The van der Waals surface area contributed by atoms with Crippen LogP contribution in [0.25, 0.3) is 0 Å². The van der Waals surface area contributed by atoms with Crippen molar-refractivity contribution in [3.05, 3.63) is 48.3 Å². The van der Waals surface area contributed by atoms with Crippen molar-refractivity contribution in [1.82, 2.24) is 15.3 Å². The van der Waals surface area contributed by atoms with Gasteiger partial charge in [0.25, 0.3) is 0 Å². The number of hydrogen-bond donors (Lipinski definition) is 1. The SMILES string of the molecule is FC(F)Oc1ccccc1CNC1CCCN(c2ncccn2)C1. The first-order valence-corrected chi connectivity index (χ1v) is 8.00. The summed E-state index contributed by atoms with van der Waals surface area (Å²) in [5.74, 6) is 0.949. The molecule has 7 heteroatoms. The van der Waals surface area contributed by atoms with Gasteiger partial charge in [0.15, 0.2) is 0 Å². The van der Waals surface area contributed by atoms with E-state index in [4.69, 9.17) is 0 Å². The van der Waals surface area contributed by atoms with Gasteiger partial charge >= 0.3 is 6.61 Å². The molecule has 1 aliphatic rings. The van der Waals surface area contributed by atoms with Crippen LogP contribution < -0.4 is 15.0 Å². The van der Waals surface area contributed by atoms with Gasteiger partial charge in [-0.15, -0.1) is 0 Å². The molecular weight excluding hydrogens is 314 g/mol. The van der Waals surface area contributed by atoms with E-state index in [-0.39, 0.29) is 11.8 Å². The number of para-hydroxylation sites is 1. The average Bonchev–Trinajstić information content (AvgIpc) is 2.61. The molecule has 5 nitrogen and oxygen atoms in total. The third kappa shape index (κ3) is 4.38. The van der Waals surface area contributed by atoms with Crippen LogP contribution >= 0.6 is 0 Å². The summed E-state index contributed by atoms with van der Waals surface area (Å²) >= 11 is 0. The van der Waals surface area contributed by atoms with E-state index in [1.54, 1.807) is 36.7 Å². The van der Waals surface area contributed by atoms with E-state index in [2.05, 4.69) is 24.9 Å². The van der Waals surface area contributed by atoms with Gasteiger partial charge < -0.3 is 15.0 Å². The first-order valence-electron chi connectivity index (χ1n) is 8.00. The number of nitrogens with one attached hydrogen (secondary N) is 1. The van der Waals surface area contributed by atoms with Gasteiger partial charge in [-0.1, -0.05) is 18.2 Å². The smallest absolute Gasteiger partial charge is 0.387 e. The van der Waals surface area contributed by atoms with Crippen LogP contribution in [0, 0.1) is 0 Å². The number of alkyl halides is 2. The average molecular weight is 334 g/mol. The Balaban J connectivity index is 1.59. The number of hydrogen-bond acceptors (Lipinski definition) is 5. The van der Waals surface area contributed by atoms with Crippen LogP contribution in [0.4, 0.5) is 14.7 Å². The van der Waals surface area contributed by atoms with Crippen LogP contribution in [0.1, 0.15) is 18.4 Å². The van der Waals surface area contributed by atoms with Crippen molar-refractivity contribution >= 4 is 5.95 Å².